The van der Waals surface area contributed by atoms with E-state index in [4.69, 9.17) is 10.00 Å². The molecule has 1 aromatic carbocycles. The Bertz CT molecular complexity index is 444. The van der Waals surface area contributed by atoms with Gasteiger partial charge in [-0.2, -0.15) is 5.26 Å². The molecule has 0 aliphatic rings. The summed E-state index contributed by atoms with van der Waals surface area (Å²) >= 11 is 0. The van der Waals surface area contributed by atoms with Gasteiger partial charge in [-0.1, -0.05) is 6.07 Å². The summed E-state index contributed by atoms with van der Waals surface area (Å²) in [5.74, 6) is -0.438. The van der Waals surface area contributed by atoms with Gasteiger partial charge in [0.2, 0.25) is 0 Å². The SMILES string of the molecule is COCCN(CCC#N)c1cccc(F)c1[C@@H](C)O. The van der Waals surface area contributed by atoms with Crippen molar-refractivity contribution in [3.05, 3.63) is 29.6 Å². The topological polar surface area (TPSA) is 56.5 Å². The third-order valence-corrected chi connectivity index (χ3v) is 2.85. The molecule has 0 fully saturated rings. The number of aliphatic hydroxyl groups excluding tert-OH is 1. The fraction of sp³-hybridized carbons (Fsp3) is 0.500. The number of hydrogen-bond acceptors (Lipinski definition) is 4. The van der Waals surface area contributed by atoms with Gasteiger partial charge in [-0.25, -0.2) is 4.39 Å². The van der Waals surface area contributed by atoms with Crippen molar-refractivity contribution in [2.75, 3.05) is 31.7 Å². The molecule has 1 atom stereocenters. The minimum Gasteiger partial charge on any atom is -0.389 e. The van der Waals surface area contributed by atoms with Crippen molar-refractivity contribution in [2.24, 2.45) is 0 Å². The number of ether oxygens (including phenoxy) is 1. The zero-order valence-corrected chi connectivity index (χ0v) is 11.3. The first kappa shape index (κ1) is 15.4. The summed E-state index contributed by atoms with van der Waals surface area (Å²) in [6, 6.07) is 6.74. The highest BCUT2D eigenvalue weighted by Crippen LogP contribution is 2.29. The van der Waals surface area contributed by atoms with Gasteiger partial charge in [0, 0.05) is 31.5 Å². The van der Waals surface area contributed by atoms with Gasteiger partial charge in [-0.15, -0.1) is 0 Å². The van der Waals surface area contributed by atoms with Crippen molar-refractivity contribution in [2.45, 2.75) is 19.4 Å². The van der Waals surface area contributed by atoms with E-state index in [1.54, 1.807) is 19.2 Å². The van der Waals surface area contributed by atoms with Crippen LogP contribution in [0.4, 0.5) is 10.1 Å². The quantitative estimate of drug-likeness (QED) is 0.822. The Morgan fingerprint density at radius 3 is 2.79 bits per heavy atom. The van der Waals surface area contributed by atoms with Crippen LogP contribution >= 0.6 is 0 Å². The summed E-state index contributed by atoms with van der Waals surface area (Å²) in [4.78, 5) is 1.86. The lowest BCUT2D eigenvalue weighted by molar-refractivity contribution is 0.193. The van der Waals surface area contributed by atoms with Crippen LogP contribution in [-0.4, -0.2) is 31.9 Å². The molecule has 1 rings (SSSR count). The molecule has 0 spiro atoms. The molecule has 104 valence electrons. The summed E-state index contributed by atoms with van der Waals surface area (Å²) in [5.41, 5.74) is 0.874. The number of benzene rings is 1. The molecule has 1 N–H and O–H groups in total. The maximum absolute atomic E-state index is 13.8. The average molecular weight is 266 g/mol. The molecule has 0 saturated carbocycles. The number of rotatable bonds is 7. The van der Waals surface area contributed by atoms with Crippen LogP contribution in [0.3, 0.4) is 0 Å². The summed E-state index contributed by atoms with van der Waals surface area (Å²) in [6.07, 6.45) is -0.567. The van der Waals surface area contributed by atoms with E-state index in [0.717, 1.165) is 0 Å². The van der Waals surface area contributed by atoms with Crippen LogP contribution in [0.15, 0.2) is 18.2 Å². The fourth-order valence-electron chi connectivity index (χ4n) is 1.95. The largest absolute Gasteiger partial charge is 0.389 e. The lowest BCUT2D eigenvalue weighted by Crippen LogP contribution is -2.29. The Labute approximate surface area is 113 Å². The number of hydrogen-bond donors (Lipinski definition) is 1. The molecule has 4 nitrogen and oxygen atoms in total. The summed E-state index contributed by atoms with van der Waals surface area (Å²) < 4.78 is 18.8. The van der Waals surface area contributed by atoms with E-state index in [2.05, 4.69) is 6.07 Å². The molecule has 0 bridgehead atoms. The molecular formula is C14H19FN2O2. The first-order valence-corrected chi connectivity index (χ1v) is 6.19. The number of anilines is 1. The minimum atomic E-state index is -0.900. The van der Waals surface area contributed by atoms with Crippen LogP contribution in [0, 0.1) is 17.1 Å². The van der Waals surface area contributed by atoms with Crippen molar-refractivity contribution >= 4 is 5.69 Å². The molecule has 1 aromatic rings. The number of nitrogens with zero attached hydrogens (tertiary/aromatic N) is 2. The van der Waals surface area contributed by atoms with Crippen molar-refractivity contribution in [3.8, 4) is 6.07 Å². The minimum absolute atomic E-state index is 0.261. The van der Waals surface area contributed by atoms with Crippen LogP contribution in [0.5, 0.6) is 0 Å². The van der Waals surface area contributed by atoms with Crippen LogP contribution in [-0.2, 0) is 4.74 Å². The maximum Gasteiger partial charge on any atom is 0.131 e. The van der Waals surface area contributed by atoms with Gasteiger partial charge < -0.3 is 14.7 Å². The van der Waals surface area contributed by atoms with Gasteiger partial charge in [-0.05, 0) is 19.1 Å². The molecule has 0 aromatic heterocycles. The zero-order chi connectivity index (χ0) is 14.3. The molecule has 0 aliphatic heterocycles. The standard InChI is InChI=1S/C14H19FN2O2/c1-11(18)14-12(15)5-3-6-13(14)17(8-4-7-16)9-10-19-2/h3,5-6,11,18H,4,8-10H2,1-2H3/t11-/m1/s1. The van der Waals surface area contributed by atoms with Crippen molar-refractivity contribution in [3.63, 3.8) is 0 Å². The number of methoxy groups -OCH3 is 1. The molecular weight excluding hydrogens is 247 g/mol. The summed E-state index contributed by atoms with van der Waals surface area (Å²) in [5, 5.41) is 18.4. The molecule has 19 heavy (non-hydrogen) atoms. The van der Waals surface area contributed by atoms with E-state index >= 15 is 0 Å². The number of nitriles is 1. The second-order valence-electron chi connectivity index (χ2n) is 4.24. The number of halogens is 1. The predicted molar refractivity (Wildman–Crippen MR) is 71.4 cm³/mol. The normalized spacial score (nSPS) is 11.9. The van der Waals surface area contributed by atoms with Crippen molar-refractivity contribution < 1.29 is 14.2 Å². The first-order valence-electron chi connectivity index (χ1n) is 6.19. The Morgan fingerprint density at radius 2 is 2.21 bits per heavy atom. The fourth-order valence-corrected chi connectivity index (χ4v) is 1.95. The zero-order valence-electron chi connectivity index (χ0n) is 11.3. The van der Waals surface area contributed by atoms with Gasteiger partial charge in [0.05, 0.1) is 25.2 Å². The summed E-state index contributed by atoms with van der Waals surface area (Å²) in [6.45, 7) is 3.02. The van der Waals surface area contributed by atoms with E-state index in [0.29, 0.717) is 31.8 Å². The number of aliphatic hydroxyl groups is 1. The molecule has 0 unspecified atom stereocenters. The molecule has 0 aliphatic carbocycles. The molecule has 0 amide bonds. The first-order chi connectivity index (χ1) is 9.11. The van der Waals surface area contributed by atoms with Gasteiger partial charge in [-0.3, -0.25) is 0 Å². The predicted octanol–water partition coefficient (Wildman–Crippen LogP) is 2.25. The highest BCUT2D eigenvalue weighted by molar-refractivity contribution is 5.55. The highest BCUT2D eigenvalue weighted by atomic mass is 19.1. The van der Waals surface area contributed by atoms with Crippen molar-refractivity contribution in [1.29, 1.82) is 5.26 Å². The maximum atomic E-state index is 13.8. The molecule has 5 heteroatoms. The molecule has 0 saturated heterocycles. The van der Waals surface area contributed by atoms with E-state index in [-0.39, 0.29) is 5.56 Å². The molecule has 0 radical (unpaired) electrons. The smallest absolute Gasteiger partial charge is 0.131 e. The van der Waals surface area contributed by atoms with Crippen molar-refractivity contribution in [1.82, 2.24) is 0 Å². The van der Waals surface area contributed by atoms with Gasteiger partial charge >= 0.3 is 0 Å². The van der Waals surface area contributed by atoms with Gasteiger partial charge in [0.1, 0.15) is 5.82 Å². The van der Waals surface area contributed by atoms with E-state index in [9.17, 15) is 9.50 Å². The van der Waals surface area contributed by atoms with Gasteiger partial charge in [0.15, 0.2) is 0 Å². The average Bonchev–Trinajstić information content (AvgIpc) is 2.38. The van der Waals surface area contributed by atoms with E-state index in [1.165, 1.54) is 13.0 Å². The molecule has 0 heterocycles. The monoisotopic (exact) mass is 266 g/mol. The Kier molecular flexibility index (Phi) is 6.26. The Hall–Kier alpha value is -1.64. The third kappa shape index (κ3) is 4.19. The Balaban J connectivity index is 3.06. The second-order valence-corrected chi connectivity index (χ2v) is 4.24. The van der Waals surface area contributed by atoms with Gasteiger partial charge in [0.25, 0.3) is 0 Å². The lowest BCUT2D eigenvalue weighted by Gasteiger charge is -2.27. The second kappa shape index (κ2) is 7.72. The van der Waals surface area contributed by atoms with Crippen LogP contribution < -0.4 is 4.90 Å². The third-order valence-electron chi connectivity index (χ3n) is 2.85. The van der Waals surface area contributed by atoms with E-state index in [1.807, 2.05) is 4.90 Å². The Morgan fingerprint density at radius 1 is 1.47 bits per heavy atom. The van der Waals surface area contributed by atoms with Crippen LogP contribution in [0.25, 0.3) is 0 Å². The summed E-state index contributed by atoms with van der Waals surface area (Å²) in [7, 11) is 1.59. The highest BCUT2D eigenvalue weighted by Gasteiger charge is 2.18. The lowest BCUT2D eigenvalue weighted by atomic mass is 10.1. The van der Waals surface area contributed by atoms with Crippen LogP contribution in [0.1, 0.15) is 25.0 Å². The van der Waals surface area contributed by atoms with Crippen LogP contribution in [0.2, 0.25) is 0 Å². The van der Waals surface area contributed by atoms with E-state index < -0.39 is 11.9 Å².